The van der Waals surface area contributed by atoms with E-state index in [1.807, 2.05) is 18.2 Å². The van der Waals surface area contributed by atoms with E-state index in [0.717, 1.165) is 61.0 Å². The fourth-order valence-corrected chi connectivity index (χ4v) is 3.96. The Morgan fingerprint density at radius 3 is 2.81 bits per heavy atom. The van der Waals surface area contributed by atoms with Crippen molar-refractivity contribution in [3.8, 4) is 5.75 Å². The SMILES string of the molecule is COc1ccc2c(C)nc(N3CCCO[C@H](CN4CCCC4)C3)nc2c1. The number of aryl methyl sites for hydroxylation is 1. The molecule has 1 atom stereocenters. The van der Waals surface area contributed by atoms with Gasteiger partial charge in [0.25, 0.3) is 0 Å². The van der Waals surface area contributed by atoms with Crippen LogP contribution >= 0.6 is 0 Å². The molecule has 26 heavy (non-hydrogen) atoms. The van der Waals surface area contributed by atoms with Gasteiger partial charge in [0, 0.05) is 37.7 Å². The van der Waals surface area contributed by atoms with Crippen molar-refractivity contribution >= 4 is 16.9 Å². The topological polar surface area (TPSA) is 50.7 Å². The van der Waals surface area contributed by atoms with Gasteiger partial charge in [-0.1, -0.05) is 0 Å². The van der Waals surface area contributed by atoms with Crippen molar-refractivity contribution in [3.05, 3.63) is 23.9 Å². The van der Waals surface area contributed by atoms with Gasteiger partial charge in [-0.05, 0) is 51.4 Å². The highest BCUT2D eigenvalue weighted by Crippen LogP contribution is 2.24. The third kappa shape index (κ3) is 3.76. The van der Waals surface area contributed by atoms with Crippen LogP contribution in [0.2, 0.25) is 0 Å². The first-order valence-corrected chi connectivity index (χ1v) is 9.64. The van der Waals surface area contributed by atoms with Gasteiger partial charge >= 0.3 is 0 Å². The molecule has 2 fully saturated rings. The molecule has 2 aromatic rings. The highest BCUT2D eigenvalue weighted by molar-refractivity contribution is 5.83. The van der Waals surface area contributed by atoms with Gasteiger partial charge in [0.2, 0.25) is 5.95 Å². The highest BCUT2D eigenvalue weighted by atomic mass is 16.5. The third-order valence-corrected chi connectivity index (χ3v) is 5.38. The Morgan fingerprint density at radius 2 is 2.00 bits per heavy atom. The molecule has 0 amide bonds. The van der Waals surface area contributed by atoms with Gasteiger partial charge < -0.3 is 19.3 Å². The van der Waals surface area contributed by atoms with Crippen LogP contribution in [0, 0.1) is 6.92 Å². The van der Waals surface area contributed by atoms with E-state index in [0.29, 0.717) is 0 Å². The molecule has 0 spiro atoms. The Morgan fingerprint density at radius 1 is 1.15 bits per heavy atom. The van der Waals surface area contributed by atoms with Crippen LogP contribution in [0.15, 0.2) is 18.2 Å². The van der Waals surface area contributed by atoms with Crippen LogP contribution < -0.4 is 9.64 Å². The van der Waals surface area contributed by atoms with Gasteiger partial charge in [-0.15, -0.1) is 0 Å². The summed E-state index contributed by atoms with van der Waals surface area (Å²) >= 11 is 0. The number of hydrogen-bond donors (Lipinski definition) is 0. The summed E-state index contributed by atoms with van der Waals surface area (Å²) in [4.78, 5) is 14.4. The second-order valence-electron chi connectivity index (χ2n) is 7.29. The van der Waals surface area contributed by atoms with E-state index in [1.54, 1.807) is 7.11 Å². The molecule has 0 saturated carbocycles. The molecule has 0 unspecified atom stereocenters. The van der Waals surface area contributed by atoms with Crippen LogP contribution in [0.4, 0.5) is 5.95 Å². The van der Waals surface area contributed by atoms with Gasteiger partial charge in [0.1, 0.15) is 5.75 Å². The van der Waals surface area contributed by atoms with Crippen molar-refractivity contribution in [1.82, 2.24) is 14.9 Å². The summed E-state index contributed by atoms with van der Waals surface area (Å²) < 4.78 is 11.5. The van der Waals surface area contributed by atoms with Crippen molar-refractivity contribution in [2.75, 3.05) is 51.3 Å². The van der Waals surface area contributed by atoms with Crippen molar-refractivity contribution < 1.29 is 9.47 Å². The normalized spacial score (nSPS) is 21.9. The zero-order chi connectivity index (χ0) is 17.9. The Balaban J connectivity index is 1.57. The zero-order valence-electron chi connectivity index (χ0n) is 15.8. The molecule has 3 heterocycles. The first kappa shape index (κ1) is 17.5. The minimum absolute atomic E-state index is 0.223. The predicted molar refractivity (Wildman–Crippen MR) is 103 cm³/mol. The number of aromatic nitrogens is 2. The van der Waals surface area contributed by atoms with Crippen LogP contribution in [0.1, 0.15) is 25.0 Å². The van der Waals surface area contributed by atoms with Crippen LogP contribution in [0.5, 0.6) is 5.75 Å². The largest absolute Gasteiger partial charge is 0.497 e. The molecule has 1 aromatic heterocycles. The minimum Gasteiger partial charge on any atom is -0.497 e. The van der Waals surface area contributed by atoms with E-state index < -0.39 is 0 Å². The molecule has 4 rings (SSSR count). The quantitative estimate of drug-likeness (QED) is 0.839. The first-order valence-electron chi connectivity index (χ1n) is 9.64. The maximum absolute atomic E-state index is 6.11. The molecule has 1 aromatic carbocycles. The molecule has 0 radical (unpaired) electrons. The van der Waals surface area contributed by atoms with Gasteiger partial charge in [0.15, 0.2) is 0 Å². The summed E-state index contributed by atoms with van der Waals surface area (Å²) in [7, 11) is 1.69. The summed E-state index contributed by atoms with van der Waals surface area (Å²) in [5.41, 5.74) is 1.95. The van der Waals surface area contributed by atoms with Crippen LogP contribution in [0.3, 0.4) is 0 Å². The second-order valence-corrected chi connectivity index (χ2v) is 7.29. The summed E-state index contributed by atoms with van der Waals surface area (Å²) in [6, 6.07) is 5.99. The molecule has 2 aliphatic heterocycles. The number of fused-ring (bicyclic) bond motifs is 1. The fourth-order valence-electron chi connectivity index (χ4n) is 3.96. The standard InChI is InChI=1S/C20H28N4O2/c1-15-18-7-6-16(25-2)12-19(18)22-20(21-15)24-10-5-11-26-17(14-24)13-23-8-3-4-9-23/h6-7,12,17H,3-5,8-11,13-14H2,1-2H3/t17-/m1/s1. The Bertz CT molecular complexity index is 761. The number of benzene rings is 1. The number of likely N-dealkylation sites (tertiary alicyclic amines) is 1. The lowest BCUT2D eigenvalue weighted by Gasteiger charge is -2.27. The van der Waals surface area contributed by atoms with E-state index in [9.17, 15) is 0 Å². The molecule has 6 heteroatoms. The fraction of sp³-hybridized carbons (Fsp3) is 0.600. The molecular weight excluding hydrogens is 328 g/mol. The monoisotopic (exact) mass is 356 g/mol. The molecular formula is C20H28N4O2. The van der Waals surface area contributed by atoms with Gasteiger partial charge in [-0.3, -0.25) is 0 Å². The number of nitrogens with zero attached hydrogens (tertiary/aromatic N) is 4. The van der Waals surface area contributed by atoms with Crippen molar-refractivity contribution in [2.45, 2.75) is 32.3 Å². The summed E-state index contributed by atoms with van der Waals surface area (Å²) in [6.45, 7) is 8.07. The predicted octanol–water partition coefficient (Wildman–Crippen LogP) is 2.64. The van der Waals surface area contributed by atoms with Crippen LogP contribution in [0.25, 0.3) is 10.9 Å². The Hall–Kier alpha value is -1.92. The molecule has 140 valence electrons. The molecule has 6 nitrogen and oxygen atoms in total. The van der Waals surface area contributed by atoms with Crippen LogP contribution in [-0.4, -0.2) is 67.4 Å². The third-order valence-electron chi connectivity index (χ3n) is 5.38. The number of hydrogen-bond acceptors (Lipinski definition) is 6. The number of ether oxygens (including phenoxy) is 2. The van der Waals surface area contributed by atoms with E-state index in [2.05, 4.69) is 16.7 Å². The first-order chi connectivity index (χ1) is 12.7. The lowest BCUT2D eigenvalue weighted by Crippen LogP contribution is -2.40. The average molecular weight is 356 g/mol. The van der Waals surface area contributed by atoms with E-state index in [1.165, 1.54) is 25.9 Å². The van der Waals surface area contributed by atoms with E-state index >= 15 is 0 Å². The van der Waals surface area contributed by atoms with E-state index in [-0.39, 0.29) is 6.10 Å². The minimum atomic E-state index is 0.223. The number of anilines is 1. The second kappa shape index (κ2) is 7.76. The average Bonchev–Trinajstić information content (AvgIpc) is 3.05. The summed E-state index contributed by atoms with van der Waals surface area (Å²) in [5, 5.41) is 1.08. The zero-order valence-corrected chi connectivity index (χ0v) is 15.8. The number of methoxy groups -OCH3 is 1. The highest BCUT2D eigenvalue weighted by Gasteiger charge is 2.24. The molecule has 2 saturated heterocycles. The van der Waals surface area contributed by atoms with Gasteiger partial charge in [-0.2, -0.15) is 0 Å². The lowest BCUT2D eigenvalue weighted by molar-refractivity contribution is 0.0450. The Labute approximate surface area is 155 Å². The summed E-state index contributed by atoms with van der Waals surface area (Å²) in [5.74, 6) is 1.63. The van der Waals surface area contributed by atoms with Crippen molar-refractivity contribution in [2.24, 2.45) is 0 Å². The maximum atomic E-state index is 6.11. The van der Waals surface area contributed by atoms with E-state index in [4.69, 9.17) is 19.4 Å². The molecule has 0 aliphatic carbocycles. The summed E-state index contributed by atoms with van der Waals surface area (Å²) in [6.07, 6.45) is 3.85. The van der Waals surface area contributed by atoms with Crippen LogP contribution in [-0.2, 0) is 4.74 Å². The lowest BCUT2D eigenvalue weighted by atomic mass is 10.2. The van der Waals surface area contributed by atoms with Crippen molar-refractivity contribution in [1.29, 1.82) is 0 Å². The number of rotatable bonds is 4. The van der Waals surface area contributed by atoms with Crippen molar-refractivity contribution in [3.63, 3.8) is 0 Å². The molecule has 0 N–H and O–H groups in total. The Kier molecular flexibility index (Phi) is 5.22. The molecule has 0 bridgehead atoms. The molecule has 2 aliphatic rings. The maximum Gasteiger partial charge on any atom is 0.226 e. The van der Waals surface area contributed by atoms with Gasteiger partial charge in [-0.25, -0.2) is 9.97 Å². The smallest absolute Gasteiger partial charge is 0.226 e. The van der Waals surface area contributed by atoms with Gasteiger partial charge in [0.05, 0.1) is 24.4 Å².